The maximum Gasteiger partial charge on any atom is 0.317 e. The Bertz CT molecular complexity index is 817. The van der Waals surface area contributed by atoms with Crippen molar-refractivity contribution in [2.75, 3.05) is 40.4 Å². The molecule has 2 aliphatic rings. The van der Waals surface area contributed by atoms with E-state index < -0.39 is 5.60 Å². The van der Waals surface area contributed by atoms with Gasteiger partial charge in [-0.1, -0.05) is 44.2 Å². The van der Waals surface area contributed by atoms with Crippen LogP contribution in [-0.2, 0) is 10.3 Å². The van der Waals surface area contributed by atoms with E-state index in [9.17, 15) is 14.3 Å². The van der Waals surface area contributed by atoms with Crippen molar-refractivity contribution in [3.63, 3.8) is 0 Å². The minimum absolute atomic E-state index is 0.0485. The van der Waals surface area contributed by atoms with Gasteiger partial charge < -0.3 is 25.4 Å². The number of aliphatic hydroxyl groups is 1. The molecular weight excluding hydrogens is 457 g/mol. The lowest BCUT2D eigenvalue weighted by molar-refractivity contribution is -0.0566. The van der Waals surface area contributed by atoms with Crippen LogP contribution in [0.2, 0.25) is 0 Å². The van der Waals surface area contributed by atoms with E-state index in [2.05, 4.69) is 10.6 Å². The molecule has 1 aliphatic heterocycles. The van der Waals surface area contributed by atoms with E-state index in [0.29, 0.717) is 43.2 Å². The maximum absolute atomic E-state index is 14.5. The zero-order chi connectivity index (χ0) is 26.0. The fourth-order valence-corrected chi connectivity index (χ4v) is 6.17. The van der Waals surface area contributed by atoms with E-state index in [1.807, 2.05) is 18.0 Å². The van der Waals surface area contributed by atoms with Crippen LogP contribution in [0.25, 0.3) is 0 Å². The molecule has 2 amide bonds. The first-order valence-electron chi connectivity index (χ1n) is 14.0. The van der Waals surface area contributed by atoms with E-state index in [-0.39, 0.29) is 23.8 Å². The molecule has 3 atom stereocenters. The molecule has 0 radical (unpaired) electrons. The number of urea groups is 1. The number of nitrogens with one attached hydrogen (secondary N) is 2. The summed E-state index contributed by atoms with van der Waals surface area (Å²) in [6, 6.07) is 5.13. The highest BCUT2D eigenvalue weighted by Crippen LogP contribution is 2.40. The average Bonchev–Trinajstić information content (AvgIpc) is 2.89. The largest absolute Gasteiger partial charge is 0.385 e. The van der Waals surface area contributed by atoms with Crippen molar-refractivity contribution < 1.29 is 19.0 Å². The lowest BCUT2D eigenvalue weighted by Crippen LogP contribution is -2.54. The molecule has 6 nitrogen and oxygen atoms in total. The maximum atomic E-state index is 14.5. The Morgan fingerprint density at radius 2 is 2.00 bits per heavy atom. The van der Waals surface area contributed by atoms with Crippen molar-refractivity contribution in [3.05, 3.63) is 35.1 Å². The van der Waals surface area contributed by atoms with Crippen molar-refractivity contribution >= 4 is 6.03 Å². The lowest BCUT2D eigenvalue weighted by Gasteiger charge is -2.43. The van der Waals surface area contributed by atoms with E-state index in [4.69, 9.17) is 4.74 Å². The van der Waals surface area contributed by atoms with Gasteiger partial charge in [-0.05, 0) is 75.6 Å². The Morgan fingerprint density at radius 3 is 2.69 bits per heavy atom. The number of rotatable bonds is 12. The molecule has 1 heterocycles. The molecule has 1 aromatic carbocycles. The molecule has 0 aromatic heterocycles. The Hall–Kier alpha value is -1.70. The van der Waals surface area contributed by atoms with Crippen LogP contribution in [0.1, 0.15) is 81.8 Å². The number of aryl methyl sites for hydroxylation is 1. The van der Waals surface area contributed by atoms with Crippen molar-refractivity contribution in [3.8, 4) is 0 Å². The number of hydrogen-bond acceptors (Lipinski definition) is 4. The summed E-state index contributed by atoms with van der Waals surface area (Å²) in [5, 5.41) is 18.6. The first-order valence-corrected chi connectivity index (χ1v) is 14.0. The number of carbonyl (C=O) groups excluding carboxylic acids is 1. The fourth-order valence-electron chi connectivity index (χ4n) is 6.17. The molecule has 3 N–H and O–H groups in total. The number of unbranched alkanes of at least 4 members (excludes halogenated alkanes) is 1. The molecule has 1 saturated heterocycles. The highest BCUT2D eigenvalue weighted by molar-refractivity contribution is 5.74. The van der Waals surface area contributed by atoms with Gasteiger partial charge >= 0.3 is 6.03 Å². The Morgan fingerprint density at radius 1 is 1.22 bits per heavy atom. The summed E-state index contributed by atoms with van der Waals surface area (Å²) in [4.78, 5) is 15.2. The van der Waals surface area contributed by atoms with Crippen molar-refractivity contribution in [1.29, 1.82) is 0 Å². The number of piperidine rings is 1. The molecule has 36 heavy (non-hydrogen) atoms. The second-order valence-corrected chi connectivity index (χ2v) is 11.1. The molecule has 2 fully saturated rings. The highest BCUT2D eigenvalue weighted by atomic mass is 19.1. The van der Waals surface area contributed by atoms with Crippen molar-refractivity contribution in [1.82, 2.24) is 15.5 Å². The van der Waals surface area contributed by atoms with Crippen LogP contribution in [-0.4, -0.2) is 62.5 Å². The van der Waals surface area contributed by atoms with Crippen molar-refractivity contribution in [2.24, 2.45) is 11.8 Å². The number of likely N-dealkylation sites (N-methyl/N-ethyl adjacent to an activating group) is 1. The Labute approximate surface area is 217 Å². The molecule has 0 spiro atoms. The van der Waals surface area contributed by atoms with E-state index in [1.165, 1.54) is 38.2 Å². The first-order chi connectivity index (χ1) is 17.4. The zero-order valence-electron chi connectivity index (χ0n) is 22.7. The average molecular weight is 506 g/mol. The monoisotopic (exact) mass is 505 g/mol. The van der Waals surface area contributed by atoms with Crippen LogP contribution >= 0.6 is 0 Å². The van der Waals surface area contributed by atoms with Crippen LogP contribution in [0.5, 0.6) is 0 Å². The van der Waals surface area contributed by atoms with E-state index >= 15 is 0 Å². The first kappa shape index (κ1) is 28.9. The molecule has 1 aromatic rings. The van der Waals surface area contributed by atoms with Gasteiger partial charge in [0.05, 0.1) is 5.60 Å². The SMILES string of the molecule is CNC[C@H](CC1CCCCC1)NC(=O)N1CCC[C@@H]([C@](O)(CCCCOC)c2ccc(C)c(F)c2)C1. The van der Waals surface area contributed by atoms with Crippen LogP contribution in [0.4, 0.5) is 9.18 Å². The van der Waals surface area contributed by atoms with Gasteiger partial charge in [0.15, 0.2) is 0 Å². The number of benzene rings is 1. The van der Waals surface area contributed by atoms with Gasteiger partial charge in [0, 0.05) is 45.3 Å². The molecular formula is C29H48FN3O3. The zero-order valence-corrected chi connectivity index (χ0v) is 22.7. The molecule has 0 bridgehead atoms. The Kier molecular flexibility index (Phi) is 11.5. The number of hydrogen-bond donors (Lipinski definition) is 3. The summed E-state index contributed by atoms with van der Waals surface area (Å²) in [5.74, 6) is 0.230. The number of methoxy groups -OCH3 is 1. The number of carbonyl (C=O) groups is 1. The second-order valence-electron chi connectivity index (χ2n) is 11.1. The number of likely N-dealkylation sites (tertiary alicyclic amines) is 1. The van der Waals surface area contributed by atoms with Gasteiger partial charge in [-0.2, -0.15) is 0 Å². The van der Waals surface area contributed by atoms with Crippen molar-refractivity contribution in [2.45, 2.75) is 89.2 Å². The van der Waals surface area contributed by atoms with Gasteiger partial charge in [0.2, 0.25) is 0 Å². The van der Waals surface area contributed by atoms with Crippen LogP contribution < -0.4 is 10.6 Å². The molecule has 7 heteroatoms. The summed E-state index contributed by atoms with van der Waals surface area (Å²) in [6.07, 6.45) is 11.2. The van der Waals surface area contributed by atoms with Crippen LogP contribution in [0, 0.1) is 24.6 Å². The molecule has 204 valence electrons. The van der Waals surface area contributed by atoms with Gasteiger partial charge in [-0.15, -0.1) is 0 Å². The third-order valence-electron chi connectivity index (χ3n) is 8.33. The number of nitrogens with zero attached hydrogens (tertiary/aromatic N) is 1. The number of amides is 2. The summed E-state index contributed by atoms with van der Waals surface area (Å²) in [6.45, 7) is 4.27. The van der Waals surface area contributed by atoms with Crippen LogP contribution in [0.3, 0.4) is 0 Å². The summed E-state index contributed by atoms with van der Waals surface area (Å²) < 4.78 is 19.7. The minimum Gasteiger partial charge on any atom is -0.385 e. The normalized spacial score (nSPS) is 21.7. The van der Waals surface area contributed by atoms with Gasteiger partial charge in [-0.25, -0.2) is 9.18 Å². The summed E-state index contributed by atoms with van der Waals surface area (Å²) in [7, 11) is 3.61. The fraction of sp³-hybridized carbons (Fsp3) is 0.759. The molecule has 0 unspecified atom stereocenters. The quantitative estimate of drug-likeness (QED) is 0.345. The van der Waals surface area contributed by atoms with Crippen LogP contribution in [0.15, 0.2) is 18.2 Å². The molecule has 1 saturated carbocycles. The van der Waals surface area contributed by atoms with Gasteiger partial charge in [0.1, 0.15) is 5.82 Å². The third kappa shape index (κ3) is 7.90. The molecule has 1 aliphatic carbocycles. The third-order valence-corrected chi connectivity index (χ3v) is 8.33. The molecule has 3 rings (SSSR count). The number of halogens is 1. The van der Waals surface area contributed by atoms with E-state index in [0.717, 1.165) is 38.6 Å². The minimum atomic E-state index is -1.19. The summed E-state index contributed by atoms with van der Waals surface area (Å²) >= 11 is 0. The standard InChI is InChI=1S/C29H48FN3O3/c1-22-13-14-24(19-27(22)30)29(35,15-7-8-17-36-3)25-12-9-16-33(21-25)28(34)32-26(20-31-2)18-23-10-5-4-6-11-23/h13-14,19,23,25-26,31,35H,4-12,15-18,20-21H2,1-3H3,(H,32,34)/t25-,26+,29+/m1/s1. The van der Waals surface area contributed by atoms with Gasteiger partial charge in [-0.3, -0.25) is 0 Å². The predicted molar refractivity (Wildman–Crippen MR) is 142 cm³/mol. The second kappa shape index (κ2) is 14.3. The van der Waals surface area contributed by atoms with Gasteiger partial charge in [0.25, 0.3) is 0 Å². The predicted octanol–water partition coefficient (Wildman–Crippen LogP) is 5.12. The topological polar surface area (TPSA) is 73.8 Å². The highest BCUT2D eigenvalue weighted by Gasteiger charge is 2.41. The van der Waals surface area contributed by atoms with E-state index in [1.54, 1.807) is 20.1 Å². The smallest absolute Gasteiger partial charge is 0.317 e. The Balaban J connectivity index is 1.70. The lowest BCUT2D eigenvalue weighted by atomic mass is 9.74. The summed E-state index contributed by atoms with van der Waals surface area (Å²) in [5.41, 5.74) is -0.00689. The number of ether oxygens (including phenoxy) is 1.